The Morgan fingerprint density at radius 1 is 1.11 bits per heavy atom. The van der Waals surface area contributed by atoms with Gasteiger partial charge in [-0.25, -0.2) is 4.39 Å². The average Bonchev–Trinajstić information content (AvgIpc) is 2.36. The lowest BCUT2D eigenvalue weighted by Gasteiger charge is -2.09. The Morgan fingerprint density at radius 2 is 1.84 bits per heavy atom. The fourth-order valence-electron chi connectivity index (χ4n) is 1.40. The topological polar surface area (TPSA) is 52.3 Å². The molecule has 0 fully saturated rings. The number of benzene rings is 2. The van der Waals surface area contributed by atoms with Crippen molar-refractivity contribution >= 4 is 37.8 Å². The van der Waals surface area contributed by atoms with Gasteiger partial charge in [0.05, 0.1) is 8.95 Å². The van der Waals surface area contributed by atoms with Crippen LogP contribution in [0.4, 0.5) is 4.39 Å². The second-order valence-corrected chi connectivity index (χ2v) is 5.40. The number of nitrogens with two attached hydrogens (primary N) is 1. The summed E-state index contributed by atoms with van der Waals surface area (Å²) in [6, 6.07) is 9.06. The molecule has 0 unspecified atom stereocenters. The second kappa shape index (κ2) is 5.71. The third-order valence-electron chi connectivity index (χ3n) is 2.34. The van der Waals surface area contributed by atoms with E-state index in [4.69, 9.17) is 10.5 Å². The van der Waals surface area contributed by atoms with Crippen molar-refractivity contribution in [3.63, 3.8) is 0 Å². The number of hydrogen-bond donors (Lipinski definition) is 1. The molecule has 2 N–H and O–H groups in total. The monoisotopic (exact) mass is 387 g/mol. The van der Waals surface area contributed by atoms with Crippen molar-refractivity contribution in [2.45, 2.75) is 0 Å². The molecule has 2 aromatic rings. The van der Waals surface area contributed by atoms with Crippen LogP contribution in [0.3, 0.4) is 0 Å². The van der Waals surface area contributed by atoms with Crippen molar-refractivity contribution in [3.8, 4) is 11.5 Å². The zero-order chi connectivity index (χ0) is 14.0. The van der Waals surface area contributed by atoms with Crippen LogP contribution in [0.2, 0.25) is 0 Å². The van der Waals surface area contributed by atoms with Crippen molar-refractivity contribution in [2.24, 2.45) is 5.73 Å². The van der Waals surface area contributed by atoms with Crippen molar-refractivity contribution in [2.75, 3.05) is 0 Å². The number of hydrogen-bond acceptors (Lipinski definition) is 2. The zero-order valence-corrected chi connectivity index (χ0v) is 12.7. The molecule has 0 heterocycles. The largest absolute Gasteiger partial charge is 0.456 e. The number of ether oxygens (including phenoxy) is 1. The van der Waals surface area contributed by atoms with E-state index in [1.165, 1.54) is 18.2 Å². The zero-order valence-electron chi connectivity index (χ0n) is 9.49. The summed E-state index contributed by atoms with van der Waals surface area (Å²) in [7, 11) is 0. The lowest BCUT2D eigenvalue weighted by Crippen LogP contribution is -2.10. The van der Waals surface area contributed by atoms with Crippen LogP contribution in [0.25, 0.3) is 0 Å². The standard InChI is InChI=1S/C13H8Br2FNO2/c14-9-6-8(2-3-11(9)16)19-12-4-1-7(13(17)18)5-10(12)15/h1-6H,(H2,17,18). The van der Waals surface area contributed by atoms with E-state index in [-0.39, 0.29) is 5.82 Å². The first-order valence-corrected chi connectivity index (χ1v) is 6.78. The fraction of sp³-hybridized carbons (Fsp3) is 0. The number of primary amides is 1. The number of carbonyl (C=O) groups is 1. The van der Waals surface area contributed by atoms with Gasteiger partial charge in [-0.1, -0.05) is 0 Å². The Balaban J connectivity index is 2.28. The molecule has 3 nitrogen and oxygen atoms in total. The molecular weight excluding hydrogens is 381 g/mol. The average molecular weight is 389 g/mol. The fourth-order valence-corrected chi connectivity index (χ4v) is 2.22. The molecule has 0 radical (unpaired) electrons. The van der Waals surface area contributed by atoms with E-state index in [2.05, 4.69) is 31.9 Å². The Morgan fingerprint density at radius 3 is 2.42 bits per heavy atom. The van der Waals surface area contributed by atoms with Gasteiger partial charge in [-0.15, -0.1) is 0 Å². The third-order valence-corrected chi connectivity index (χ3v) is 3.56. The van der Waals surface area contributed by atoms with Gasteiger partial charge in [0.2, 0.25) is 5.91 Å². The third kappa shape index (κ3) is 3.33. The molecule has 2 rings (SSSR count). The quantitative estimate of drug-likeness (QED) is 0.854. The first-order chi connectivity index (χ1) is 8.97. The molecule has 0 aliphatic rings. The Labute approximate surface area is 125 Å². The van der Waals surface area contributed by atoms with E-state index >= 15 is 0 Å². The molecule has 0 aliphatic carbocycles. The predicted molar refractivity (Wildman–Crippen MR) is 76.8 cm³/mol. The summed E-state index contributed by atoms with van der Waals surface area (Å²) >= 11 is 6.37. The van der Waals surface area contributed by atoms with Crippen molar-refractivity contribution in [1.82, 2.24) is 0 Å². The first-order valence-electron chi connectivity index (χ1n) is 5.19. The molecule has 2 aromatic carbocycles. The van der Waals surface area contributed by atoms with Crippen LogP contribution in [0.1, 0.15) is 10.4 Å². The molecule has 6 heteroatoms. The molecule has 0 saturated carbocycles. The van der Waals surface area contributed by atoms with E-state index in [0.29, 0.717) is 26.0 Å². The maximum atomic E-state index is 13.1. The van der Waals surface area contributed by atoms with Gasteiger partial charge in [0.25, 0.3) is 0 Å². The van der Waals surface area contributed by atoms with Crippen LogP contribution in [-0.4, -0.2) is 5.91 Å². The molecular formula is C13H8Br2FNO2. The van der Waals surface area contributed by atoms with E-state index in [0.717, 1.165) is 0 Å². The highest BCUT2D eigenvalue weighted by Crippen LogP contribution is 2.32. The molecule has 0 bridgehead atoms. The summed E-state index contributed by atoms with van der Waals surface area (Å²) in [5, 5.41) is 0. The van der Waals surface area contributed by atoms with E-state index in [1.807, 2.05) is 0 Å². The van der Waals surface area contributed by atoms with Gasteiger partial charge in [0.1, 0.15) is 17.3 Å². The summed E-state index contributed by atoms with van der Waals surface area (Å²) in [6.07, 6.45) is 0. The molecule has 98 valence electrons. The van der Waals surface area contributed by atoms with E-state index < -0.39 is 5.91 Å². The maximum Gasteiger partial charge on any atom is 0.248 e. The summed E-state index contributed by atoms with van der Waals surface area (Å²) < 4.78 is 19.6. The molecule has 0 aromatic heterocycles. The second-order valence-electron chi connectivity index (χ2n) is 3.69. The van der Waals surface area contributed by atoms with E-state index in [9.17, 15) is 9.18 Å². The highest BCUT2D eigenvalue weighted by atomic mass is 79.9. The van der Waals surface area contributed by atoms with Gasteiger partial charge in [-0.05, 0) is 68.3 Å². The minimum absolute atomic E-state index is 0.315. The minimum atomic E-state index is -0.517. The molecule has 0 atom stereocenters. The van der Waals surface area contributed by atoms with Gasteiger partial charge in [-0.2, -0.15) is 0 Å². The van der Waals surface area contributed by atoms with Crippen LogP contribution < -0.4 is 10.5 Å². The molecule has 0 spiro atoms. The van der Waals surface area contributed by atoms with Gasteiger partial charge in [0, 0.05) is 5.56 Å². The van der Waals surface area contributed by atoms with Gasteiger partial charge < -0.3 is 10.5 Å². The van der Waals surface area contributed by atoms with Crippen LogP contribution in [0.5, 0.6) is 11.5 Å². The smallest absolute Gasteiger partial charge is 0.248 e. The van der Waals surface area contributed by atoms with Crippen molar-refractivity contribution < 1.29 is 13.9 Å². The highest BCUT2D eigenvalue weighted by Gasteiger charge is 2.08. The molecule has 19 heavy (non-hydrogen) atoms. The van der Waals surface area contributed by atoms with Gasteiger partial charge >= 0.3 is 0 Å². The predicted octanol–water partition coefficient (Wildman–Crippen LogP) is 4.24. The SMILES string of the molecule is NC(=O)c1ccc(Oc2ccc(F)c(Br)c2)c(Br)c1. The first kappa shape index (κ1) is 14.0. The number of halogens is 3. The summed E-state index contributed by atoms with van der Waals surface area (Å²) in [5.41, 5.74) is 5.55. The van der Waals surface area contributed by atoms with Crippen molar-refractivity contribution in [1.29, 1.82) is 0 Å². The van der Waals surface area contributed by atoms with Crippen LogP contribution in [0, 0.1) is 5.82 Å². The Hall–Kier alpha value is -1.40. The Kier molecular flexibility index (Phi) is 4.21. The highest BCUT2D eigenvalue weighted by molar-refractivity contribution is 9.10. The Bertz CT molecular complexity index is 647. The van der Waals surface area contributed by atoms with Crippen LogP contribution in [0.15, 0.2) is 45.3 Å². The van der Waals surface area contributed by atoms with Gasteiger partial charge in [0.15, 0.2) is 0 Å². The van der Waals surface area contributed by atoms with Crippen molar-refractivity contribution in [3.05, 3.63) is 56.7 Å². The minimum Gasteiger partial charge on any atom is -0.456 e. The number of rotatable bonds is 3. The van der Waals surface area contributed by atoms with Crippen LogP contribution >= 0.6 is 31.9 Å². The number of amides is 1. The summed E-state index contributed by atoms with van der Waals surface area (Å²) in [6.45, 7) is 0. The summed E-state index contributed by atoms with van der Waals surface area (Å²) in [4.78, 5) is 11.0. The van der Waals surface area contributed by atoms with Crippen LogP contribution in [-0.2, 0) is 0 Å². The maximum absolute atomic E-state index is 13.1. The lowest BCUT2D eigenvalue weighted by molar-refractivity contribution is 0.1000. The molecule has 1 amide bonds. The molecule has 0 aliphatic heterocycles. The normalized spacial score (nSPS) is 10.3. The van der Waals surface area contributed by atoms with E-state index in [1.54, 1.807) is 18.2 Å². The van der Waals surface area contributed by atoms with Gasteiger partial charge in [-0.3, -0.25) is 4.79 Å². The molecule has 0 saturated heterocycles. The number of carbonyl (C=O) groups excluding carboxylic acids is 1. The summed E-state index contributed by atoms with van der Waals surface area (Å²) in [5.74, 6) is 0.0941. The lowest BCUT2D eigenvalue weighted by atomic mass is 10.2.